The summed E-state index contributed by atoms with van der Waals surface area (Å²) in [5.41, 5.74) is 3.00. The number of thiophene rings is 1. The second-order valence-electron chi connectivity index (χ2n) is 4.79. The maximum absolute atomic E-state index is 11.1. The van der Waals surface area contributed by atoms with Gasteiger partial charge in [0.15, 0.2) is 0 Å². The van der Waals surface area contributed by atoms with Crippen LogP contribution in [0, 0.1) is 6.92 Å². The number of hydrogen-bond acceptors (Lipinski definition) is 3. The smallest absolute Gasteiger partial charge is 0.221 e. The van der Waals surface area contributed by atoms with Crippen LogP contribution in [0.15, 0.2) is 30.3 Å². The SMILES string of the molecule is CCc1ccc(CNc2ccc(NC(C)=O)c(C)c2)s1. The lowest BCUT2D eigenvalue weighted by atomic mass is 10.1. The fraction of sp³-hybridized carbons (Fsp3) is 0.312. The van der Waals surface area contributed by atoms with Gasteiger partial charge in [0.2, 0.25) is 5.91 Å². The monoisotopic (exact) mass is 288 g/mol. The molecule has 1 heterocycles. The Balaban J connectivity index is 1.99. The Hall–Kier alpha value is -1.81. The number of carbonyl (C=O) groups is 1. The molecule has 106 valence electrons. The first-order chi connectivity index (χ1) is 9.58. The Bertz CT molecular complexity index is 604. The van der Waals surface area contributed by atoms with E-state index in [1.165, 1.54) is 16.7 Å². The van der Waals surface area contributed by atoms with Gasteiger partial charge in [0.25, 0.3) is 0 Å². The molecule has 0 unspecified atom stereocenters. The third-order valence-corrected chi connectivity index (χ3v) is 4.30. The number of hydrogen-bond donors (Lipinski definition) is 2. The van der Waals surface area contributed by atoms with Crippen molar-refractivity contribution in [2.75, 3.05) is 10.6 Å². The van der Waals surface area contributed by atoms with Gasteiger partial charge in [-0.05, 0) is 49.2 Å². The van der Waals surface area contributed by atoms with E-state index in [2.05, 4.69) is 35.8 Å². The van der Waals surface area contributed by atoms with Gasteiger partial charge < -0.3 is 10.6 Å². The third-order valence-electron chi connectivity index (χ3n) is 3.07. The predicted octanol–water partition coefficient (Wildman–Crippen LogP) is 4.19. The number of benzene rings is 1. The van der Waals surface area contributed by atoms with Crippen molar-refractivity contribution in [3.8, 4) is 0 Å². The summed E-state index contributed by atoms with van der Waals surface area (Å²) in [5.74, 6) is -0.0421. The van der Waals surface area contributed by atoms with Crippen LogP contribution in [0.2, 0.25) is 0 Å². The van der Waals surface area contributed by atoms with Crippen LogP contribution in [0.25, 0.3) is 0 Å². The van der Waals surface area contributed by atoms with Crippen molar-refractivity contribution in [1.29, 1.82) is 0 Å². The molecule has 2 N–H and O–H groups in total. The summed E-state index contributed by atoms with van der Waals surface area (Å²) in [5, 5.41) is 6.24. The molecule has 2 rings (SSSR count). The lowest BCUT2D eigenvalue weighted by molar-refractivity contribution is -0.114. The normalized spacial score (nSPS) is 10.3. The minimum Gasteiger partial charge on any atom is -0.380 e. The molecule has 3 nitrogen and oxygen atoms in total. The van der Waals surface area contributed by atoms with Gasteiger partial charge >= 0.3 is 0 Å². The molecule has 20 heavy (non-hydrogen) atoms. The van der Waals surface area contributed by atoms with E-state index < -0.39 is 0 Å². The average molecular weight is 288 g/mol. The number of nitrogens with one attached hydrogen (secondary N) is 2. The van der Waals surface area contributed by atoms with Gasteiger partial charge in [-0.25, -0.2) is 0 Å². The zero-order valence-corrected chi connectivity index (χ0v) is 12.9. The van der Waals surface area contributed by atoms with Crippen molar-refractivity contribution in [3.63, 3.8) is 0 Å². The van der Waals surface area contributed by atoms with E-state index in [-0.39, 0.29) is 5.91 Å². The van der Waals surface area contributed by atoms with Gasteiger partial charge in [-0.1, -0.05) is 6.92 Å². The number of anilines is 2. The Kier molecular flexibility index (Phi) is 4.79. The Morgan fingerprint density at radius 2 is 1.95 bits per heavy atom. The van der Waals surface area contributed by atoms with Gasteiger partial charge in [0.1, 0.15) is 0 Å². The molecule has 0 radical (unpaired) electrons. The van der Waals surface area contributed by atoms with Crippen LogP contribution < -0.4 is 10.6 Å². The lowest BCUT2D eigenvalue weighted by Gasteiger charge is -2.10. The van der Waals surface area contributed by atoms with Crippen LogP contribution in [0.5, 0.6) is 0 Å². The molecule has 1 aromatic heterocycles. The van der Waals surface area contributed by atoms with Crippen molar-refractivity contribution < 1.29 is 4.79 Å². The van der Waals surface area contributed by atoms with E-state index in [4.69, 9.17) is 0 Å². The number of rotatable bonds is 5. The first kappa shape index (κ1) is 14.6. The van der Waals surface area contributed by atoms with E-state index in [0.29, 0.717) is 0 Å². The fourth-order valence-electron chi connectivity index (χ4n) is 2.00. The molecule has 4 heteroatoms. The molecule has 0 spiro atoms. The summed E-state index contributed by atoms with van der Waals surface area (Å²) >= 11 is 1.85. The van der Waals surface area contributed by atoms with Gasteiger partial charge in [-0.2, -0.15) is 0 Å². The fourth-order valence-corrected chi connectivity index (χ4v) is 2.90. The molecule has 0 bridgehead atoms. The molecule has 0 aliphatic carbocycles. The van der Waals surface area contributed by atoms with Gasteiger partial charge in [-0.15, -0.1) is 11.3 Å². The summed E-state index contributed by atoms with van der Waals surface area (Å²) in [7, 11) is 0. The molecule has 0 atom stereocenters. The Morgan fingerprint density at radius 3 is 2.55 bits per heavy atom. The van der Waals surface area contributed by atoms with E-state index in [0.717, 1.165) is 29.9 Å². The minimum atomic E-state index is -0.0421. The predicted molar refractivity (Wildman–Crippen MR) is 86.5 cm³/mol. The van der Waals surface area contributed by atoms with Gasteiger partial charge in [0, 0.05) is 34.6 Å². The van der Waals surface area contributed by atoms with E-state index >= 15 is 0 Å². The second kappa shape index (κ2) is 6.57. The maximum atomic E-state index is 11.1. The highest BCUT2D eigenvalue weighted by Crippen LogP contribution is 2.22. The summed E-state index contributed by atoms with van der Waals surface area (Å²) in [6, 6.07) is 10.3. The molecule has 0 aliphatic heterocycles. The highest BCUT2D eigenvalue weighted by Gasteiger charge is 2.03. The van der Waals surface area contributed by atoms with Crippen LogP contribution >= 0.6 is 11.3 Å². The molecule has 0 saturated carbocycles. The zero-order chi connectivity index (χ0) is 14.5. The van der Waals surface area contributed by atoms with Crippen LogP contribution in [0.4, 0.5) is 11.4 Å². The van der Waals surface area contributed by atoms with Crippen molar-refractivity contribution >= 4 is 28.6 Å². The van der Waals surface area contributed by atoms with Crippen LogP contribution in [0.3, 0.4) is 0 Å². The lowest BCUT2D eigenvalue weighted by Crippen LogP contribution is -2.07. The molecular formula is C16H20N2OS. The molecule has 0 fully saturated rings. The zero-order valence-electron chi connectivity index (χ0n) is 12.1. The third kappa shape index (κ3) is 3.84. The minimum absolute atomic E-state index is 0.0421. The largest absolute Gasteiger partial charge is 0.380 e. The van der Waals surface area contributed by atoms with Crippen molar-refractivity contribution in [1.82, 2.24) is 0 Å². The maximum Gasteiger partial charge on any atom is 0.221 e. The van der Waals surface area contributed by atoms with Crippen molar-refractivity contribution in [2.24, 2.45) is 0 Å². The highest BCUT2D eigenvalue weighted by molar-refractivity contribution is 7.12. The highest BCUT2D eigenvalue weighted by atomic mass is 32.1. The van der Waals surface area contributed by atoms with Crippen LogP contribution in [-0.4, -0.2) is 5.91 Å². The molecular weight excluding hydrogens is 268 g/mol. The summed E-state index contributed by atoms with van der Waals surface area (Å²) in [6.45, 7) is 6.53. The van der Waals surface area contributed by atoms with Gasteiger partial charge in [0.05, 0.1) is 0 Å². The van der Waals surface area contributed by atoms with E-state index in [1.54, 1.807) is 0 Å². The van der Waals surface area contributed by atoms with Crippen LogP contribution in [0.1, 0.15) is 29.2 Å². The standard InChI is InChI=1S/C16H20N2OS/c1-4-14-6-7-15(20-14)10-17-13-5-8-16(11(2)9-13)18-12(3)19/h5-9,17H,4,10H2,1-3H3,(H,18,19). The number of carbonyl (C=O) groups excluding carboxylic acids is 1. The first-order valence-electron chi connectivity index (χ1n) is 6.78. The number of amides is 1. The van der Waals surface area contributed by atoms with Crippen molar-refractivity contribution in [2.45, 2.75) is 33.7 Å². The summed E-state index contributed by atoms with van der Waals surface area (Å²) in [4.78, 5) is 13.8. The number of aryl methyl sites for hydroxylation is 2. The Labute approximate surface area is 124 Å². The Morgan fingerprint density at radius 1 is 1.20 bits per heavy atom. The molecule has 2 aromatic rings. The summed E-state index contributed by atoms with van der Waals surface area (Å²) < 4.78 is 0. The second-order valence-corrected chi connectivity index (χ2v) is 6.04. The average Bonchev–Trinajstić information content (AvgIpc) is 2.87. The molecule has 0 saturated heterocycles. The van der Waals surface area contributed by atoms with E-state index in [1.807, 2.05) is 30.4 Å². The molecule has 0 aliphatic rings. The summed E-state index contributed by atoms with van der Waals surface area (Å²) in [6.07, 6.45) is 1.09. The molecule has 1 amide bonds. The van der Waals surface area contributed by atoms with E-state index in [9.17, 15) is 4.79 Å². The van der Waals surface area contributed by atoms with Crippen LogP contribution in [-0.2, 0) is 17.8 Å². The first-order valence-corrected chi connectivity index (χ1v) is 7.60. The van der Waals surface area contributed by atoms with Crippen molar-refractivity contribution in [3.05, 3.63) is 45.6 Å². The quantitative estimate of drug-likeness (QED) is 0.866. The topological polar surface area (TPSA) is 41.1 Å². The van der Waals surface area contributed by atoms with Gasteiger partial charge in [-0.3, -0.25) is 4.79 Å². The molecule has 1 aromatic carbocycles.